The predicted octanol–water partition coefficient (Wildman–Crippen LogP) is 1.79. The molecule has 1 amide bonds. The van der Waals surface area contributed by atoms with Crippen LogP contribution in [-0.2, 0) is 22.6 Å². The van der Waals surface area contributed by atoms with Gasteiger partial charge in [-0.2, -0.15) is 18.3 Å². The summed E-state index contributed by atoms with van der Waals surface area (Å²) < 4.78 is 38.9. The molecule has 2 aromatic rings. The number of morpholine rings is 1. The number of anilines is 1. The molecule has 1 saturated heterocycles. The SMILES string of the molecule is CCCn1cc(C(=O)NCc2cc(N3CCOCC3)ncn2)c(C)n1.O=C(O)C(F)(F)F. The number of halogens is 3. The third-order valence-electron chi connectivity index (χ3n) is 4.36. The van der Waals surface area contributed by atoms with Gasteiger partial charge in [0.1, 0.15) is 12.1 Å². The summed E-state index contributed by atoms with van der Waals surface area (Å²) in [5.41, 5.74) is 2.13. The normalized spacial score (nSPS) is 13.8. The van der Waals surface area contributed by atoms with Gasteiger partial charge in [0.25, 0.3) is 5.91 Å². The molecule has 176 valence electrons. The average Bonchev–Trinajstić information content (AvgIpc) is 3.13. The monoisotopic (exact) mass is 458 g/mol. The van der Waals surface area contributed by atoms with Crippen molar-refractivity contribution in [3.05, 3.63) is 35.5 Å². The number of aryl methyl sites for hydroxylation is 2. The molecule has 0 aliphatic carbocycles. The first-order chi connectivity index (χ1) is 15.1. The molecule has 1 aliphatic rings. The van der Waals surface area contributed by atoms with Gasteiger partial charge in [0, 0.05) is 31.9 Å². The van der Waals surface area contributed by atoms with Gasteiger partial charge in [-0.05, 0) is 13.3 Å². The van der Waals surface area contributed by atoms with E-state index in [2.05, 4.69) is 32.2 Å². The van der Waals surface area contributed by atoms with Gasteiger partial charge < -0.3 is 20.1 Å². The fourth-order valence-corrected chi connectivity index (χ4v) is 2.80. The molecule has 1 aliphatic heterocycles. The Morgan fingerprint density at radius 2 is 1.91 bits per heavy atom. The maximum absolute atomic E-state index is 12.4. The molecule has 32 heavy (non-hydrogen) atoms. The molecule has 3 rings (SSSR count). The summed E-state index contributed by atoms with van der Waals surface area (Å²) in [5, 5.41) is 14.4. The van der Waals surface area contributed by atoms with Gasteiger partial charge in [-0.1, -0.05) is 6.92 Å². The molecule has 13 heteroatoms. The topological polar surface area (TPSA) is 122 Å². The van der Waals surface area contributed by atoms with E-state index in [1.165, 1.54) is 6.33 Å². The number of aromatic nitrogens is 4. The average molecular weight is 458 g/mol. The van der Waals surface area contributed by atoms with Crippen molar-refractivity contribution >= 4 is 17.7 Å². The largest absolute Gasteiger partial charge is 0.490 e. The number of hydrogen-bond acceptors (Lipinski definition) is 7. The van der Waals surface area contributed by atoms with Gasteiger partial charge in [0.2, 0.25) is 0 Å². The fourth-order valence-electron chi connectivity index (χ4n) is 2.80. The third kappa shape index (κ3) is 7.48. The number of carboxylic acid groups (broad SMARTS) is 1. The molecule has 0 spiro atoms. The van der Waals surface area contributed by atoms with E-state index in [0.717, 1.165) is 43.3 Å². The van der Waals surface area contributed by atoms with E-state index in [0.29, 0.717) is 25.3 Å². The van der Waals surface area contributed by atoms with Crippen LogP contribution in [0.3, 0.4) is 0 Å². The van der Waals surface area contributed by atoms with Crippen molar-refractivity contribution in [1.82, 2.24) is 25.1 Å². The van der Waals surface area contributed by atoms with E-state index in [1.807, 2.05) is 17.7 Å². The highest BCUT2D eigenvalue weighted by Gasteiger charge is 2.38. The highest BCUT2D eigenvalue weighted by Crippen LogP contribution is 2.14. The van der Waals surface area contributed by atoms with Crippen LogP contribution in [0.5, 0.6) is 0 Å². The summed E-state index contributed by atoms with van der Waals surface area (Å²) in [5.74, 6) is -2.02. The minimum Gasteiger partial charge on any atom is -0.475 e. The Morgan fingerprint density at radius 3 is 2.50 bits per heavy atom. The van der Waals surface area contributed by atoms with E-state index in [4.69, 9.17) is 14.6 Å². The standard InChI is InChI=1S/C17H24N6O2.C2HF3O2/c1-3-4-23-11-15(13(2)21-23)17(24)18-10-14-9-16(20-12-19-14)22-5-7-25-8-6-22;3-2(4,5)1(6)7/h9,11-12H,3-8,10H2,1-2H3,(H,18,24);(H,6,7). The van der Waals surface area contributed by atoms with Crippen LogP contribution in [0.4, 0.5) is 19.0 Å². The molecule has 0 radical (unpaired) electrons. The maximum atomic E-state index is 12.4. The van der Waals surface area contributed by atoms with Crippen LogP contribution >= 0.6 is 0 Å². The molecule has 0 bridgehead atoms. The summed E-state index contributed by atoms with van der Waals surface area (Å²) in [7, 11) is 0. The molecule has 0 atom stereocenters. The third-order valence-corrected chi connectivity index (χ3v) is 4.36. The van der Waals surface area contributed by atoms with E-state index in [1.54, 1.807) is 6.20 Å². The minimum atomic E-state index is -5.08. The predicted molar refractivity (Wildman–Crippen MR) is 107 cm³/mol. The van der Waals surface area contributed by atoms with E-state index >= 15 is 0 Å². The van der Waals surface area contributed by atoms with Crippen LogP contribution < -0.4 is 10.2 Å². The molecule has 0 aromatic carbocycles. The van der Waals surface area contributed by atoms with Gasteiger partial charge in [-0.25, -0.2) is 14.8 Å². The van der Waals surface area contributed by atoms with Crippen molar-refractivity contribution in [2.24, 2.45) is 0 Å². The summed E-state index contributed by atoms with van der Waals surface area (Å²) >= 11 is 0. The number of aliphatic carboxylic acids is 1. The summed E-state index contributed by atoms with van der Waals surface area (Å²) in [6.45, 7) is 8.14. The number of carboxylic acids is 1. The first-order valence-corrected chi connectivity index (χ1v) is 9.87. The van der Waals surface area contributed by atoms with Crippen LogP contribution in [0.2, 0.25) is 0 Å². The van der Waals surface area contributed by atoms with Crippen molar-refractivity contribution in [1.29, 1.82) is 0 Å². The molecular weight excluding hydrogens is 433 g/mol. The van der Waals surface area contributed by atoms with Crippen LogP contribution in [0.1, 0.15) is 35.1 Å². The summed E-state index contributed by atoms with van der Waals surface area (Å²) in [4.78, 5) is 32.0. The first-order valence-electron chi connectivity index (χ1n) is 9.87. The second kappa shape index (κ2) is 11.4. The number of carbonyl (C=O) groups excluding carboxylic acids is 1. The van der Waals surface area contributed by atoms with Gasteiger partial charge in [0.15, 0.2) is 0 Å². The highest BCUT2D eigenvalue weighted by atomic mass is 19.4. The van der Waals surface area contributed by atoms with Crippen molar-refractivity contribution in [3.63, 3.8) is 0 Å². The lowest BCUT2D eigenvalue weighted by molar-refractivity contribution is -0.192. The molecule has 0 saturated carbocycles. The Labute approximate surface area is 182 Å². The minimum absolute atomic E-state index is 0.133. The quantitative estimate of drug-likeness (QED) is 0.672. The number of ether oxygens (including phenoxy) is 1. The number of rotatable bonds is 6. The molecule has 3 heterocycles. The van der Waals surface area contributed by atoms with Crippen molar-refractivity contribution in [2.75, 3.05) is 31.2 Å². The van der Waals surface area contributed by atoms with Gasteiger partial charge in [-0.15, -0.1) is 0 Å². The smallest absolute Gasteiger partial charge is 0.475 e. The fraction of sp³-hybridized carbons (Fsp3) is 0.526. The number of alkyl halides is 3. The van der Waals surface area contributed by atoms with Crippen LogP contribution in [0.15, 0.2) is 18.6 Å². The number of hydrogen-bond donors (Lipinski definition) is 2. The van der Waals surface area contributed by atoms with Crippen LogP contribution in [-0.4, -0.2) is 69.2 Å². The Kier molecular flexibility index (Phi) is 8.93. The summed E-state index contributed by atoms with van der Waals surface area (Å²) in [6, 6.07) is 1.92. The van der Waals surface area contributed by atoms with E-state index < -0.39 is 12.1 Å². The van der Waals surface area contributed by atoms with Gasteiger partial charge in [-0.3, -0.25) is 9.48 Å². The Hall–Kier alpha value is -3.22. The number of nitrogens with zero attached hydrogens (tertiary/aromatic N) is 5. The lowest BCUT2D eigenvalue weighted by Gasteiger charge is -2.27. The summed E-state index contributed by atoms with van der Waals surface area (Å²) in [6.07, 6.45) is -0.766. The Morgan fingerprint density at radius 1 is 1.25 bits per heavy atom. The number of nitrogens with one attached hydrogen (secondary N) is 1. The molecule has 0 unspecified atom stereocenters. The highest BCUT2D eigenvalue weighted by molar-refractivity contribution is 5.94. The number of amides is 1. The zero-order valence-electron chi connectivity index (χ0n) is 17.7. The van der Waals surface area contributed by atoms with Crippen molar-refractivity contribution in [2.45, 2.75) is 39.5 Å². The van der Waals surface area contributed by atoms with E-state index in [-0.39, 0.29) is 5.91 Å². The molecule has 2 aromatic heterocycles. The van der Waals surface area contributed by atoms with E-state index in [9.17, 15) is 18.0 Å². The Balaban J connectivity index is 0.000000451. The Bertz CT molecular complexity index is 913. The maximum Gasteiger partial charge on any atom is 0.490 e. The second-order valence-corrected chi connectivity index (χ2v) is 6.84. The molecule has 1 fully saturated rings. The number of carbonyl (C=O) groups is 2. The van der Waals surface area contributed by atoms with Gasteiger partial charge in [0.05, 0.1) is 36.7 Å². The zero-order valence-corrected chi connectivity index (χ0v) is 17.7. The lowest BCUT2D eigenvalue weighted by atomic mass is 10.2. The lowest BCUT2D eigenvalue weighted by Crippen LogP contribution is -2.37. The van der Waals surface area contributed by atoms with Crippen molar-refractivity contribution in [3.8, 4) is 0 Å². The first kappa shape index (κ1) is 25.0. The van der Waals surface area contributed by atoms with Crippen LogP contribution in [0.25, 0.3) is 0 Å². The van der Waals surface area contributed by atoms with Gasteiger partial charge >= 0.3 is 12.1 Å². The molecular formula is C19H25F3N6O4. The second-order valence-electron chi connectivity index (χ2n) is 6.84. The van der Waals surface area contributed by atoms with Crippen molar-refractivity contribution < 1.29 is 32.6 Å². The zero-order chi connectivity index (χ0) is 23.7. The van der Waals surface area contributed by atoms with Crippen LogP contribution in [0, 0.1) is 6.92 Å². The molecule has 2 N–H and O–H groups in total. The molecule has 10 nitrogen and oxygen atoms in total.